The highest BCUT2D eigenvalue weighted by molar-refractivity contribution is 7.98. The zero-order valence-electron chi connectivity index (χ0n) is 10.9. The first-order chi connectivity index (χ1) is 9.60. The van der Waals surface area contributed by atoms with E-state index < -0.39 is 0 Å². The summed E-state index contributed by atoms with van der Waals surface area (Å²) in [6, 6.07) is 11.6. The molecule has 0 amide bonds. The Morgan fingerprint density at radius 2 is 2.05 bits per heavy atom. The second-order valence-corrected chi connectivity index (χ2v) is 5.21. The number of esters is 1. The second kappa shape index (κ2) is 6.43. The van der Waals surface area contributed by atoms with Gasteiger partial charge >= 0.3 is 5.97 Å². The Labute approximate surface area is 120 Å². The van der Waals surface area contributed by atoms with Crippen LogP contribution in [0.3, 0.4) is 0 Å². The van der Waals surface area contributed by atoms with Gasteiger partial charge in [0.25, 0.3) is 0 Å². The molecule has 0 fully saturated rings. The summed E-state index contributed by atoms with van der Waals surface area (Å²) in [5.41, 5.74) is 7.34. The molecule has 0 saturated heterocycles. The Hall–Kier alpha value is -2.01. The van der Waals surface area contributed by atoms with Crippen LogP contribution in [0.15, 0.2) is 47.4 Å². The fourth-order valence-electron chi connectivity index (χ4n) is 1.78. The topological polar surface area (TPSA) is 52.3 Å². The van der Waals surface area contributed by atoms with E-state index in [1.807, 2.05) is 12.1 Å². The highest BCUT2D eigenvalue weighted by Crippen LogP contribution is 2.27. The molecule has 0 bridgehead atoms. The van der Waals surface area contributed by atoms with Crippen LogP contribution in [-0.2, 0) is 10.5 Å². The molecular formula is C15H14FNO2S. The molecule has 5 heteroatoms. The smallest absolute Gasteiger partial charge is 0.338 e. The number of nitrogens with two attached hydrogens (primary N) is 1. The molecule has 2 rings (SSSR count). The highest BCUT2D eigenvalue weighted by atomic mass is 32.2. The van der Waals surface area contributed by atoms with Crippen LogP contribution in [0.2, 0.25) is 0 Å². The molecule has 3 nitrogen and oxygen atoms in total. The van der Waals surface area contributed by atoms with Crippen LogP contribution >= 0.6 is 11.8 Å². The molecule has 104 valence electrons. The number of ether oxygens (including phenoxy) is 1. The summed E-state index contributed by atoms with van der Waals surface area (Å²) in [5, 5.41) is 0. The highest BCUT2D eigenvalue weighted by Gasteiger charge is 2.11. The Kier molecular flexibility index (Phi) is 4.63. The lowest BCUT2D eigenvalue weighted by atomic mass is 10.1. The minimum atomic E-state index is -0.375. The molecule has 0 atom stereocenters. The van der Waals surface area contributed by atoms with Gasteiger partial charge in [0.1, 0.15) is 5.82 Å². The van der Waals surface area contributed by atoms with E-state index in [1.54, 1.807) is 18.2 Å². The summed E-state index contributed by atoms with van der Waals surface area (Å²) in [6.45, 7) is 0. The van der Waals surface area contributed by atoms with Gasteiger partial charge in [0.2, 0.25) is 0 Å². The number of benzene rings is 2. The third-order valence-corrected chi connectivity index (χ3v) is 3.74. The van der Waals surface area contributed by atoms with Gasteiger partial charge in [-0.15, -0.1) is 11.8 Å². The lowest BCUT2D eigenvalue weighted by Gasteiger charge is -2.08. The molecule has 2 aromatic carbocycles. The van der Waals surface area contributed by atoms with E-state index in [4.69, 9.17) is 10.5 Å². The molecule has 20 heavy (non-hydrogen) atoms. The van der Waals surface area contributed by atoms with Gasteiger partial charge in [0.05, 0.1) is 12.7 Å². The monoisotopic (exact) mass is 291 g/mol. The van der Waals surface area contributed by atoms with Crippen molar-refractivity contribution in [3.05, 3.63) is 59.4 Å². The van der Waals surface area contributed by atoms with Gasteiger partial charge in [-0.05, 0) is 29.8 Å². The lowest BCUT2D eigenvalue weighted by Crippen LogP contribution is -2.04. The largest absolute Gasteiger partial charge is 0.465 e. The maximum absolute atomic E-state index is 13.2. The summed E-state index contributed by atoms with van der Waals surface area (Å²) >= 11 is 1.42. The Bertz CT molecular complexity index is 611. The maximum atomic E-state index is 13.2. The van der Waals surface area contributed by atoms with Gasteiger partial charge < -0.3 is 10.5 Å². The number of rotatable bonds is 4. The summed E-state index contributed by atoms with van der Waals surface area (Å²) in [5.74, 6) is -0.206. The number of carbonyl (C=O) groups excluding carboxylic acids is 1. The van der Waals surface area contributed by atoms with Crippen molar-refractivity contribution in [2.75, 3.05) is 12.8 Å². The fourth-order valence-corrected chi connectivity index (χ4v) is 2.77. The number of thioether (sulfide) groups is 1. The molecule has 0 heterocycles. The van der Waals surface area contributed by atoms with E-state index in [-0.39, 0.29) is 11.8 Å². The summed E-state index contributed by atoms with van der Waals surface area (Å²) in [7, 11) is 1.35. The number of anilines is 1. The minimum Gasteiger partial charge on any atom is -0.465 e. The first-order valence-corrected chi connectivity index (χ1v) is 6.94. The number of carbonyl (C=O) groups is 1. The van der Waals surface area contributed by atoms with Crippen molar-refractivity contribution in [2.45, 2.75) is 10.6 Å². The first-order valence-electron chi connectivity index (χ1n) is 5.95. The molecule has 0 saturated carbocycles. The standard InChI is InChI=1S/C15H14FNO2S/c1-19-15(18)14-5-3-2-4-10(14)9-20-13-7-11(16)6-12(17)8-13/h2-8H,9,17H2,1H3. The molecule has 0 aromatic heterocycles. The van der Waals surface area contributed by atoms with Crippen molar-refractivity contribution in [3.63, 3.8) is 0 Å². The van der Waals surface area contributed by atoms with Crippen LogP contribution in [0.5, 0.6) is 0 Å². The van der Waals surface area contributed by atoms with Crippen molar-refractivity contribution in [1.29, 1.82) is 0 Å². The van der Waals surface area contributed by atoms with Crippen molar-refractivity contribution >= 4 is 23.4 Å². The predicted octanol–water partition coefficient (Wildman–Crippen LogP) is 3.49. The third-order valence-electron chi connectivity index (χ3n) is 2.71. The zero-order chi connectivity index (χ0) is 14.5. The lowest BCUT2D eigenvalue weighted by molar-refractivity contribution is 0.0600. The van der Waals surface area contributed by atoms with E-state index >= 15 is 0 Å². The minimum absolute atomic E-state index is 0.367. The first kappa shape index (κ1) is 14.4. The van der Waals surface area contributed by atoms with Gasteiger partial charge in [0, 0.05) is 16.3 Å². The van der Waals surface area contributed by atoms with E-state index in [9.17, 15) is 9.18 Å². The summed E-state index contributed by atoms with van der Waals surface area (Å²) < 4.78 is 18.0. The van der Waals surface area contributed by atoms with Crippen LogP contribution in [0.1, 0.15) is 15.9 Å². The van der Waals surface area contributed by atoms with E-state index in [0.717, 1.165) is 10.5 Å². The van der Waals surface area contributed by atoms with Crippen LogP contribution in [0, 0.1) is 5.82 Å². The van der Waals surface area contributed by atoms with Crippen molar-refractivity contribution in [3.8, 4) is 0 Å². The number of hydrogen-bond donors (Lipinski definition) is 1. The fraction of sp³-hybridized carbons (Fsp3) is 0.133. The van der Waals surface area contributed by atoms with Gasteiger partial charge in [-0.25, -0.2) is 9.18 Å². The SMILES string of the molecule is COC(=O)c1ccccc1CSc1cc(N)cc(F)c1. The van der Waals surface area contributed by atoms with Gasteiger partial charge in [-0.3, -0.25) is 0 Å². The van der Waals surface area contributed by atoms with Gasteiger partial charge in [0.15, 0.2) is 0 Å². The molecule has 0 aliphatic carbocycles. The Morgan fingerprint density at radius 1 is 1.30 bits per heavy atom. The molecule has 0 radical (unpaired) electrons. The number of halogens is 1. The quantitative estimate of drug-likeness (QED) is 0.532. The van der Waals surface area contributed by atoms with E-state index in [0.29, 0.717) is 17.0 Å². The maximum Gasteiger partial charge on any atom is 0.338 e. The molecule has 2 aromatic rings. The average Bonchev–Trinajstić information content (AvgIpc) is 2.43. The van der Waals surface area contributed by atoms with Crippen molar-refractivity contribution in [1.82, 2.24) is 0 Å². The molecular weight excluding hydrogens is 277 g/mol. The third kappa shape index (κ3) is 3.51. The van der Waals surface area contributed by atoms with Crippen LogP contribution in [0.25, 0.3) is 0 Å². The van der Waals surface area contributed by atoms with Crippen LogP contribution in [0.4, 0.5) is 10.1 Å². The summed E-state index contributed by atoms with van der Waals surface area (Å²) in [6.07, 6.45) is 0. The van der Waals surface area contributed by atoms with Crippen molar-refractivity contribution < 1.29 is 13.9 Å². The van der Waals surface area contributed by atoms with Gasteiger partial charge in [-0.1, -0.05) is 18.2 Å². The second-order valence-electron chi connectivity index (χ2n) is 4.16. The predicted molar refractivity (Wildman–Crippen MR) is 78.2 cm³/mol. The zero-order valence-corrected chi connectivity index (χ0v) is 11.7. The Morgan fingerprint density at radius 3 is 2.75 bits per heavy atom. The van der Waals surface area contributed by atoms with E-state index in [2.05, 4.69) is 0 Å². The number of hydrogen-bond acceptors (Lipinski definition) is 4. The van der Waals surface area contributed by atoms with E-state index in [1.165, 1.54) is 31.0 Å². The van der Waals surface area contributed by atoms with Crippen LogP contribution in [-0.4, -0.2) is 13.1 Å². The molecule has 0 aliphatic heterocycles. The van der Waals surface area contributed by atoms with Crippen molar-refractivity contribution in [2.24, 2.45) is 0 Å². The average molecular weight is 291 g/mol. The van der Waals surface area contributed by atoms with Crippen LogP contribution < -0.4 is 5.73 Å². The summed E-state index contributed by atoms with van der Waals surface area (Å²) in [4.78, 5) is 12.4. The molecule has 2 N–H and O–H groups in total. The molecule has 0 unspecified atom stereocenters. The normalized spacial score (nSPS) is 10.3. The molecule has 0 spiro atoms. The Balaban J connectivity index is 2.16. The number of nitrogen functional groups attached to an aromatic ring is 1. The number of methoxy groups -OCH3 is 1. The van der Waals surface area contributed by atoms with Gasteiger partial charge in [-0.2, -0.15) is 0 Å². The molecule has 0 aliphatic rings.